The highest BCUT2D eigenvalue weighted by molar-refractivity contribution is 5.76. The molecule has 2 aliphatic rings. The number of carbonyl (C=O) groups is 1. The highest BCUT2D eigenvalue weighted by Crippen LogP contribution is 2.30. The standard InChI is InChI=1S/C48H93NO13/c1-3-5-7-9-11-13-15-16-17-18-19-20-22-23-25-27-29-31-37(52)36(49-40(53)32-30-28-26-24-21-14-12-10-8-6-4-2)35-59-47-45(58)43(56)46(39(34-51)61-47)62-48-44(57)42(55)41(54)38(33-50)60-48/h36-39,41-48,50-52,54-58H,3-35H2,1-2H3,(H,49,53). The Morgan fingerprint density at radius 3 is 1.37 bits per heavy atom. The maximum atomic E-state index is 13.1. The van der Waals surface area contributed by atoms with Gasteiger partial charge in [-0.1, -0.05) is 187 Å². The smallest absolute Gasteiger partial charge is 0.220 e. The Balaban J connectivity index is 1.83. The fourth-order valence-electron chi connectivity index (χ4n) is 8.65. The van der Waals surface area contributed by atoms with E-state index in [0.717, 1.165) is 51.4 Å². The van der Waals surface area contributed by atoms with Crippen molar-refractivity contribution in [3.63, 3.8) is 0 Å². The highest BCUT2D eigenvalue weighted by Gasteiger charge is 2.51. The van der Waals surface area contributed by atoms with E-state index in [4.69, 9.17) is 18.9 Å². The lowest BCUT2D eigenvalue weighted by Crippen LogP contribution is -2.65. The van der Waals surface area contributed by atoms with Crippen molar-refractivity contribution >= 4 is 5.91 Å². The number of ether oxygens (including phenoxy) is 4. The highest BCUT2D eigenvalue weighted by atomic mass is 16.7. The van der Waals surface area contributed by atoms with Crippen molar-refractivity contribution in [2.45, 2.75) is 280 Å². The maximum absolute atomic E-state index is 13.1. The van der Waals surface area contributed by atoms with Gasteiger partial charge in [-0.25, -0.2) is 0 Å². The van der Waals surface area contributed by atoms with E-state index in [1.165, 1.54) is 128 Å². The van der Waals surface area contributed by atoms with Crippen LogP contribution in [0.4, 0.5) is 0 Å². The Morgan fingerprint density at radius 2 is 0.919 bits per heavy atom. The van der Waals surface area contributed by atoms with Gasteiger partial charge in [0.1, 0.15) is 48.8 Å². The number of aliphatic hydroxyl groups excluding tert-OH is 8. The minimum atomic E-state index is -1.78. The van der Waals surface area contributed by atoms with Gasteiger partial charge in [0.05, 0.1) is 32.0 Å². The van der Waals surface area contributed by atoms with E-state index >= 15 is 0 Å². The summed E-state index contributed by atoms with van der Waals surface area (Å²) in [7, 11) is 0. The summed E-state index contributed by atoms with van der Waals surface area (Å²) in [5, 5.41) is 86.8. The van der Waals surface area contributed by atoms with Gasteiger partial charge < -0.3 is 65.1 Å². The van der Waals surface area contributed by atoms with Crippen molar-refractivity contribution in [2.24, 2.45) is 0 Å². The summed E-state index contributed by atoms with van der Waals surface area (Å²) in [6.45, 7) is 2.85. The third-order valence-electron chi connectivity index (χ3n) is 12.8. The van der Waals surface area contributed by atoms with E-state index in [1.54, 1.807) is 0 Å². The second-order valence-corrected chi connectivity index (χ2v) is 18.3. The summed E-state index contributed by atoms with van der Waals surface area (Å²) in [5.41, 5.74) is 0. The number of carbonyl (C=O) groups excluding carboxylic acids is 1. The van der Waals surface area contributed by atoms with E-state index < -0.39 is 86.8 Å². The van der Waals surface area contributed by atoms with Crippen molar-refractivity contribution in [1.82, 2.24) is 5.32 Å². The van der Waals surface area contributed by atoms with Gasteiger partial charge in [0.25, 0.3) is 0 Å². The van der Waals surface area contributed by atoms with Crippen LogP contribution in [0, 0.1) is 0 Å². The van der Waals surface area contributed by atoms with Crippen LogP contribution in [0.2, 0.25) is 0 Å². The van der Waals surface area contributed by atoms with Crippen LogP contribution in [0.3, 0.4) is 0 Å². The number of amides is 1. The molecule has 368 valence electrons. The molecule has 9 N–H and O–H groups in total. The first kappa shape index (κ1) is 57.1. The first-order valence-corrected chi connectivity index (χ1v) is 25.3. The third-order valence-corrected chi connectivity index (χ3v) is 12.8. The fraction of sp³-hybridized carbons (Fsp3) is 0.979. The maximum Gasteiger partial charge on any atom is 0.220 e. The summed E-state index contributed by atoms with van der Waals surface area (Å²) < 4.78 is 22.7. The second-order valence-electron chi connectivity index (χ2n) is 18.3. The molecule has 0 radical (unpaired) electrons. The summed E-state index contributed by atoms with van der Waals surface area (Å²) in [5.74, 6) is -0.206. The molecule has 2 heterocycles. The van der Waals surface area contributed by atoms with Crippen molar-refractivity contribution in [3.05, 3.63) is 0 Å². The average molecular weight is 892 g/mol. The Kier molecular flexibility index (Phi) is 33.3. The van der Waals surface area contributed by atoms with Crippen molar-refractivity contribution < 1.29 is 64.6 Å². The second kappa shape index (κ2) is 36.2. The molecule has 0 aliphatic carbocycles. The van der Waals surface area contributed by atoms with E-state index in [0.29, 0.717) is 12.8 Å². The predicted octanol–water partition coefficient (Wildman–Crippen LogP) is 6.22. The number of unbranched alkanes of at least 4 members (excludes halogenated alkanes) is 26. The van der Waals surface area contributed by atoms with Crippen LogP contribution >= 0.6 is 0 Å². The zero-order valence-corrected chi connectivity index (χ0v) is 38.9. The van der Waals surface area contributed by atoms with Gasteiger partial charge in [-0.15, -0.1) is 0 Å². The molecule has 2 rings (SSSR count). The Morgan fingerprint density at radius 1 is 0.516 bits per heavy atom. The monoisotopic (exact) mass is 892 g/mol. The van der Waals surface area contributed by atoms with Crippen molar-refractivity contribution in [3.8, 4) is 0 Å². The first-order valence-electron chi connectivity index (χ1n) is 25.3. The van der Waals surface area contributed by atoms with Gasteiger partial charge in [0, 0.05) is 6.42 Å². The van der Waals surface area contributed by atoms with Crippen LogP contribution in [-0.4, -0.2) is 140 Å². The quantitative estimate of drug-likeness (QED) is 0.0313. The van der Waals surface area contributed by atoms with Crippen LogP contribution in [-0.2, 0) is 23.7 Å². The minimum Gasteiger partial charge on any atom is -0.394 e. The Bertz CT molecular complexity index is 1060. The molecule has 14 nitrogen and oxygen atoms in total. The molecule has 0 saturated carbocycles. The molecule has 12 atom stereocenters. The third kappa shape index (κ3) is 23.4. The van der Waals surface area contributed by atoms with Crippen molar-refractivity contribution in [2.75, 3.05) is 19.8 Å². The van der Waals surface area contributed by atoms with Gasteiger partial charge in [-0.2, -0.15) is 0 Å². The Labute approximate surface area is 374 Å². The fourth-order valence-corrected chi connectivity index (χ4v) is 8.65. The van der Waals surface area contributed by atoms with Gasteiger partial charge in [-0.05, 0) is 12.8 Å². The van der Waals surface area contributed by atoms with Crippen molar-refractivity contribution in [1.29, 1.82) is 0 Å². The zero-order valence-electron chi connectivity index (χ0n) is 38.9. The molecule has 0 aromatic rings. The van der Waals surface area contributed by atoms with E-state index in [1.807, 2.05) is 0 Å². The molecule has 0 aromatic heterocycles. The molecule has 62 heavy (non-hydrogen) atoms. The minimum absolute atomic E-state index is 0.206. The largest absolute Gasteiger partial charge is 0.394 e. The molecule has 0 spiro atoms. The molecule has 1 amide bonds. The zero-order chi connectivity index (χ0) is 45.4. The molecule has 2 saturated heterocycles. The summed E-state index contributed by atoms with van der Waals surface area (Å²) in [6.07, 6.45) is 18.2. The molecular weight excluding hydrogens is 799 g/mol. The van der Waals surface area contributed by atoms with Crippen LogP contribution in [0.1, 0.15) is 206 Å². The first-order chi connectivity index (χ1) is 30.1. The average Bonchev–Trinajstić information content (AvgIpc) is 3.27. The van der Waals surface area contributed by atoms with Crippen LogP contribution < -0.4 is 5.32 Å². The van der Waals surface area contributed by atoms with Crippen LogP contribution in [0.15, 0.2) is 0 Å². The SMILES string of the molecule is CCCCCCCCCCCCCCCCCCCC(O)C(COC1OC(CO)C(OC2OC(CO)C(O)C(O)C2O)C(O)C1O)NC(=O)CCCCCCCCCCCCC. The topological polar surface area (TPSA) is 228 Å². The Hall–Kier alpha value is -1.01. The van der Waals surface area contributed by atoms with E-state index in [-0.39, 0.29) is 12.5 Å². The van der Waals surface area contributed by atoms with Gasteiger partial charge >= 0.3 is 0 Å². The lowest BCUT2D eigenvalue weighted by atomic mass is 9.97. The number of hydrogen-bond acceptors (Lipinski definition) is 13. The van der Waals surface area contributed by atoms with Gasteiger partial charge in [-0.3, -0.25) is 4.79 Å². The van der Waals surface area contributed by atoms with Gasteiger partial charge in [0.2, 0.25) is 5.91 Å². The van der Waals surface area contributed by atoms with Crippen LogP contribution in [0.25, 0.3) is 0 Å². The number of nitrogens with one attached hydrogen (secondary N) is 1. The molecule has 12 unspecified atom stereocenters. The predicted molar refractivity (Wildman–Crippen MR) is 240 cm³/mol. The molecule has 2 aliphatic heterocycles. The lowest BCUT2D eigenvalue weighted by Gasteiger charge is -2.46. The number of aliphatic hydroxyl groups is 8. The molecule has 14 heteroatoms. The summed E-state index contributed by atoms with van der Waals surface area (Å²) in [4.78, 5) is 13.1. The molecular formula is C48H93NO13. The van der Waals surface area contributed by atoms with E-state index in [2.05, 4.69) is 19.2 Å². The number of rotatable bonds is 39. The molecule has 0 aromatic carbocycles. The normalized spacial score (nSPS) is 27.6. The molecule has 0 bridgehead atoms. The molecule has 2 fully saturated rings. The van der Waals surface area contributed by atoms with Gasteiger partial charge in [0.15, 0.2) is 12.6 Å². The summed E-state index contributed by atoms with van der Waals surface area (Å²) >= 11 is 0. The van der Waals surface area contributed by atoms with Crippen LogP contribution in [0.5, 0.6) is 0 Å². The number of hydrogen-bond donors (Lipinski definition) is 9. The lowest BCUT2D eigenvalue weighted by molar-refractivity contribution is -0.359. The summed E-state index contributed by atoms with van der Waals surface area (Å²) in [6, 6.07) is -0.820. The van der Waals surface area contributed by atoms with E-state index in [9.17, 15) is 45.6 Å².